The number of aryl methyl sites for hydroxylation is 1. The van der Waals surface area contributed by atoms with Crippen LogP contribution in [0.15, 0.2) is 35.4 Å². The number of hydrogen-bond donors (Lipinski definition) is 1. The molecule has 6 nitrogen and oxygen atoms in total. The number of ether oxygens (including phenoxy) is 1. The maximum absolute atomic E-state index is 11.8. The quantitative estimate of drug-likeness (QED) is 0.786. The van der Waals surface area contributed by atoms with Crippen molar-refractivity contribution in [2.45, 2.75) is 30.7 Å². The first-order chi connectivity index (χ1) is 12.8. The molecule has 0 spiro atoms. The molecule has 0 bridgehead atoms. The number of morpholine rings is 1. The van der Waals surface area contributed by atoms with Crippen molar-refractivity contribution in [2.75, 3.05) is 24.7 Å². The van der Waals surface area contributed by atoms with Gasteiger partial charge in [-0.1, -0.05) is 29.3 Å². The number of hydrogen-bond acceptors (Lipinski definition) is 5. The molecule has 0 amide bonds. The maximum atomic E-state index is 11.8. The van der Waals surface area contributed by atoms with E-state index in [9.17, 15) is 13.0 Å². The molecule has 0 saturated carbocycles. The Kier molecular flexibility index (Phi) is 4.88. The lowest BCUT2D eigenvalue weighted by Gasteiger charge is -2.46. The van der Waals surface area contributed by atoms with Crippen LogP contribution in [0.5, 0.6) is 0 Å². The highest BCUT2D eigenvalue weighted by Gasteiger charge is 2.37. The summed E-state index contributed by atoms with van der Waals surface area (Å²) in [5.41, 5.74) is 3.58. The highest BCUT2D eigenvalue weighted by Crippen LogP contribution is 2.37. The van der Waals surface area contributed by atoms with Gasteiger partial charge in [0.1, 0.15) is 0 Å². The maximum Gasteiger partial charge on any atom is 0.294 e. The average molecular weight is 409 g/mol. The molecule has 3 heterocycles. The zero-order chi connectivity index (χ0) is 19.2. The molecule has 2 unspecified atom stereocenters. The normalized spacial score (nSPS) is 22.3. The predicted octanol–water partition coefficient (Wildman–Crippen LogP) is 2.91. The van der Waals surface area contributed by atoms with E-state index in [1.807, 2.05) is 19.1 Å². The molecule has 4 rings (SSSR count). The Morgan fingerprint density at radius 2 is 2.19 bits per heavy atom. The van der Waals surface area contributed by atoms with E-state index in [0.717, 1.165) is 23.5 Å². The Morgan fingerprint density at radius 3 is 2.96 bits per heavy atom. The van der Waals surface area contributed by atoms with Crippen LogP contribution in [0, 0.1) is 12.8 Å². The van der Waals surface area contributed by atoms with Crippen molar-refractivity contribution < 1.29 is 17.7 Å². The first kappa shape index (κ1) is 18.7. The fourth-order valence-electron chi connectivity index (χ4n) is 4.17. The number of halogens is 1. The van der Waals surface area contributed by atoms with Gasteiger partial charge in [-0.2, -0.15) is 8.42 Å². The number of benzene rings is 1. The molecule has 1 aromatic heterocycles. The lowest BCUT2D eigenvalue weighted by atomic mass is 9.83. The van der Waals surface area contributed by atoms with Gasteiger partial charge in [0.2, 0.25) is 0 Å². The Balaban J connectivity index is 1.73. The zero-order valence-electron chi connectivity index (χ0n) is 14.9. The SMILES string of the molecule is Cc1ccc(S(=O)(=O)O)c(CC2Cc3ncc(Cl)cc3N3CCOCC23)c1. The van der Waals surface area contributed by atoms with E-state index in [4.69, 9.17) is 16.3 Å². The number of fused-ring (bicyclic) bond motifs is 3. The summed E-state index contributed by atoms with van der Waals surface area (Å²) >= 11 is 6.15. The van der Waals surface area contributed by atoms with Crippen LogP contribution in [0.25, 0.3) is 0 Å². The predicted molar refractivity (Wildman–Crippen MR) is 103 cm³/mol. The van der Waals surface area contributed by atoms with Crippen molar-refractivity contribution in [2.24, 2.45) is 5.92 Å². The van der Waals surface area contributed by atoms with Crippen LogP contribution in [0.3, 0.4) is 0 Å². The molecule has 144 valence electrons. The van der Waals surface area contributed by atoms with Gasteiger partial charge < -0.3 is 9.64 Å². The molecule has 1 aromatic carbocycles. The van der Waals surface area contributed by atoms with Crippen molar-refractivity contribution in [1.82, 2.24) is 4.98 Å². The Morgan fingerprint density at radius 1 is 1.37 bits per heavy atom. The number of pyridine rings is 1. The van der Waals surface area contributed by atoms with Crippen LogP contribution in [0.2, 0.25) is 5.02 Å². The Labute approximate surface area is 163 Å². The van der Waals surface area contributed by atoms with E-state index in [2.05, 4.69) is 9.88 Å². The third-order valence-electron chi connectivity index (χ3n) is 5.36. The molecule has 2 atom stereocenters. The number of nitrogens with zero attached hydrogens (tertiary/aromatic N) is 2. The van der Waals surface area contributed by atoms with E-state index >= 15 is 0 Å². The van der Waals surface area contributed by atoms with Crippen LogP contribution < -0.4 is 4.90 Å². The lowest BCUT2D eigenvalue weighted by molar-refractivity contribution is 0.0715. The summed E-state index contributed by atoms with van der Waals surface area (Å²) < 4.78 is 39.0. The van der Waals surface area contributed by atoms with Crippen LogP contribution in [-0.2, 0) is 27.7 Å². The molecule has 2 aliphatic rings. The Bertz CT molecular complexity index is 980. The van der Waals surface area contributed by atoms with Gasteiger partial charge in [0.15, 0.2) is 0 Å². The molecule has 1 saturated heterocycles. The van der Waals surface area contributed by atoms with Gasteiger partial charge in [-0.25, -0.2) is 0 Å². The topological polar surface area (TPSA) is 79.7 Å². The molecule has 2 aliphatic heterocycles. The summed E-state index contributed by atoms with van der Waals surface area (Å²) in [6.07, 6.45) is 2.87. The molecule has 1 fully saturated rings. The van der Waals surface area contributed by atoms with Gasteiger partial charge in [-0.15, -0.1) is 0 Å². The summed E-state index contributed by atoms with van der Waals surface area (Å²) in [7, 11) is -4.27. The number of aromatic nitrogens is 1. The summed E-state index contributed by atoms with van der Waals surface area (Å²) in [6, 6.07) is 7.06. The van der Waals surface area contributed by atoms with Crippen molar-refractivity contribution >= 4 is 27.4 Å². The first-order valence-corrected chi connectivity index (χ1v) is 10.7. The number of rotatable bonds is 3. The molecular weight excluding hydrogens is 388 g/mol. The third-order valence-corrected chi connectivity index (χ3v) is 6.53. The van der Waals surface area contributed by atoms with Gasteiger partial charge in [0, 0.05) is 12.7 Å². The minimum absolute atomic E-state index is 0.0220. The second kappa shape index (κ2) is 7.05. The van der Waals surface area contributed by atoms with Crippen molar-refractivity contribution in [1.29, 1.82) is 0 Å². The minimum atomic E-state index is -4.27. The summed E-state index contributed by atoms with van der Waals surface area (Å²) in [5, 5.41) is 0.602. The fourth-order valence-corrected chi connectivity index (χ4v) is 5.04. The van der Waals surface area contributed by atoms with E-state index in [1.54, 1.807) is 12.3 Å². The first-order valence-electron chi connectivity index (χ1n) is 8.89. The van der Waals surface area contributed by atoms with Gasteiger partial charge in [0.05, 0.1) is 40.6 Å². The third kappa shape index (κ3) is 3.69. The van der Waals surface area contributed by atoms with Crippen LogP contribution in [0.1, 0.15) is 16.8 Å². The lowest BCUT2D eigenvalue weighted by Crippen LogP contribution is -2.53. The highest BCUT2D eigenvalue weighted by atomic mass is 35.5. The smallest absolute Gasteiger partial charge is 0.294 e. The second-order valence-corrected chi connectivity index (χ2v) is 9.04. The molecule has 8 heteroatoms. The van der Waals surface area contributed by atoms with Gasteiger partial charge in [-0.05, 0) is 43.4 Å². The fraction of sp³-hybridized carbons (Fsp3) is 0.421. The largest absolute Gasteiger partial charge is 0.377 e. The zero-order valence-corrected chi connectivity index (χ0v) is 16.5. The van der Waals surface area contributed by atoms with E-state index in [0.29, 0.717) is 36.6 Å². The van der Waals surface area contributed by atoms with Crippen LogP contribution in [0.4, 0.5) is 5.69 Å². The monoisotopic (exact) mass is 408 g/mol. The summed E-state index contributed by atoms with van der Waals surface area (Å²) in [4.78, 5) is 6.76. The van der Waals surface area contributed by atoms with Gasteiger partial charge >= 0.3 is 0 Å². The van der Waals surface area contributed by atoms with Crippen molar-refractivity contribution in [3.8, 4) is 0 Å². The Hall–Kier alpha value is -1.67. The molecular formula is C19H21ClN2O4S. The second-order valence-electron chi connectivity index (χ2n) is 7.21. The van der Waals surface area contributed by atoms with Gasteiger partial charge in [0.25, 0.3) is 10.1 Å². The summed E-state index contributed by atoms with van der Waals surface area (Å²) in [5.74, 6) is 0.119. The number of anilines is 1. The van der Waals surface area contributed by atoms with E-state index in [1.165, 1.54) is 6.07 Å². The van der Waals surface area contributed by atoms with E-state index in [-0.39, 0.29) is 16.9 Å². The minimum Gasteiger partial charge on any atom is -0.377 e. The molecule has 0 aliphatic carbocycles. The van der Waals surface area contributed by atoms with Gasteiger partial charge in [-0.3, -0.25) is 9.54 Å². The van der Waals surface area contributed by atoms with E-state index < -0.39 is 10.1 Å². The average Bonchev–Trinajstić information content (AvgIpc) is 2.61. The standard InChI is InChI=1S/C19H21ClN2O4S/c1-12-2-3-19(27(23,24)25)14(6-12)7-13-8-16-17(9-15(20)10-21-16)22-4-5-26-11-18(13)22/h2-3,6,9-10,13,18H,4-5,7-8,11H2,1H3,(H,23,24,25). The molecule has 2 aromatic rings. The van der Waals surface area contributed by atoms with Crippen LogP contribution in [-0.4, -0.2) is 43.8 Å². The summed E-state index contributed by atoms with van der Waals surface area (Å²) in [6.45, 7) is 3.86. The molecule has 1 N–H and O–H groups in total. The van der Waals surface area contributed by atoms with Crippen LogP contribution >= 0.6 is 11.6 Å². The molecule has 0 radical (unpaired) electrons. The van der Waals surface area contributed by atoms with Crippen molar-refractivity contribution in [3.63, 3.8) is 0 Å². The molecule has 27 heavy (non-hydrogen) atoms. The highest BCUT2D eigenvalue weighted by molar-refractivity contribution is 7.85. The van der Waals surface area contributed by atoms with Crippen molar-refractivity contribution in [3.05, 3.63) is 52.3 Å².